The zero-order chi connectivity index (χ0) is 20.1. The molecule has 1 aromatic carbocycles. The summed E-state index contributed by atoms with van der Waals surface area (Å²) in [6.45, 7) is 6.86. The van der Waals surface area contributed by atoms with Crippen LogP contribution in [-0.4, -0.2) is 32.4 Å². The van der Waals surface area contributed by atoms with Crippen LogP contribution in [-0.2, 0) is 4.79 Å². The number of carbonyl (C=O) groups excluding carboxylic acids is 1. The van der Waals surface area contributed by atoms with Gasteiger partial charge in [0, 0.05) is 31.1 Å². The summed E-state index contributed by atoms with van der Waals surface area (Å²) in [4.78, 5) is 20.5. The molecule has 7 nitrogen and oxygen atoms in total. The maximum Gasteiger partial charge on any atom is 0.223 e. The number of aliphatic imine (C=N–C) groups is 1. The topological polar surface area (TPSA) is 86.8 Å². The Morgan fingerprint density at radius 1 is 1.46 bits per heavy atom. The maximum atomic E-state index is 12.0. The van der Waals surface area contributed by atoms with E-state index in [1.54, 1.807) is 14.2 Å². The summed E-state index contributed by atoms with van der Waals surface area (Å²) in [5.41, 5.74) is 6.87. The minimum Gasteiger partial charge on any atom is -0.494 e. The third-order valence-electron chi connectivity index (χ3n) is 4.93. The van der Waals surface area contributed by atoms with Crippen molar-refractivity contribution in [1.29, 1.82) is 0 Å². The molecule has 0 saturated heterocycles. The van der Waals surface area contributed by atoms with Crippen LogP contribution in [0.5, 0.6) is 5.75 Å². The summed E-state index contributed by atoms with van der Waals surface area (Å²) in [5.74, 6) is 1.59. The Kier molecular flexibility index (Phi) is 6.64. The molecule has 1 amide bonds. The number of nitrogens with one attached hydrogen (secondary N) is 4. The Labute approximate surface area is 170 Å². The summed E-state index contributed by atoms with van der Waals surface area (Å²) in [6.07, 6.45) is 4.48. The van der Waals surface area contributed by atoms with Crippen molar-refractivity contribution in [3.63, 3.8) is 0 Å². The minimum atomic E-state index is 0.0419. The second-order valence-electron chi connectivity index (χ2n) is 6.65. The Morgan fingerprint density at radius 2 is 2.29 bits per heavy atom. The summed E-state index contributed by atoms with van der Waals surface area (Å²) in [6, 6.07) is 3.96. The van der Waals surface area contributed by atoms with Crippen molar-refractivity contribution in [1.82, 2.24) is 10.1 Å². The molecule has 1 aromatic rings. The second kappa shape index (κ2) is 9.16. The third kappa shape index (κ3) is 4.34. The molecule has 0 saturated carbocycles. The first kappa shape index (κ1) is 20.3. The van der Waals surface area contributed by atoms with E-state index in [0.29, 0.717) is 12.4 Å². The number of hydrogen-bond acceptors (Lipinski definition) is 6. The Balaban J connectivity index is 1.73. The fraction of sp³-hybridized carbons (Fsp3) is 0.400. The molecule has 1 aliphatic carbocycles. The van der Waals surface area contributed by atoms with Gasteiger partial charge in [0.1, 0.15) is 11.6 Å². The molecule has 2 aliphatic rings. The van der Waals surface area contributed by atoms with Crippen LogP contribution in [0, 0.1) is 5.92 Å². The van der Waals surface area contributed by atoms with Crippen molar-refractivity contribution in [3.8, 4) is 5.75 Å². The zero-order valence-electron chi connectivity index (χ0n) is 16.5. The van der Waals surface area contributed by atoms with Gasteiger partial charge in [0.05, 0.1) is 23.4 Å². The van der Waals surface area contributed by atoms with E-state index >= 15 is 0 Å². The number of anilines is 2. The second-order valence-corrected chi connectivity index (χ2v) is 7.50. The number of rotatable bonds is 6. The molecule has 8 heteroatoms. The Hall–Kier alpha value is -2.45. The quantitative estimate of drug-likeness (QED) is 0.332. The van der Waals surface area contributed by atoms with Gasteiger partial charge in [-0.25, -0.2) is 0 Å². The lowest BCUT2D eigenvalue weighted by Crippen LogP contribution is -2.31. The highest BCUT2D eigenvalue weighted by atomic mass is 32.2. The van der Waals surface area contributed by atoms with Gasteiger partial charge < -0.3 is 20.8 Å². The maximum absolute atomic E-state index is 12.0. The van der Waals surface area contributed by atoms with Crippen molar-refractivity contribution in [2.45, 2.75) is 31.1 Å². The molecule has 1 heterocycles. The number of fused-ring (bicyclic) bond motifs is 1. The van der Waals surface area contributed by atoms with Crippen LogP contribution in [0.15, 0.2) is 45.8 Å². The monoisotopic (exact) mass is 401 g/mol. The molecular formula is C20H27N5O2S. The van der Waals surface area contributed by atoms with Crippen LogP contribution in [0.2, 0.25) is 0 Å². The molecule has 4 N–H and O–H groups in total. The van der Waals surface area contributed by atoms with Crippen molar-refractivity contribution in [2.24, 2.45) is 10.9 Å². The molecule has 1 atom stereocenters. The molecule has 1 unspecified atom stereocenters. The Bertz CT molecular complexity index is 834. The number of ether oxygens (including phenoxy) is 1. The van der Waals surface area contributed by atoms with Gasteiger partial charge in [-0.2, -0.15) is 4.83 Å². The first-order valence-electron chi connectivity index (χ1n) is 9.37. The summed E-state index contributed by atoms with van der Waals surface area (Å²) < 4.78 is 5.52. The van der Waals surface area contributed by atoms with E-state index in [-0.39, 0.29) is 11.8 Å². The number of amides is 1. The van der Waals surface area contributed by atoms with Crippen molar-refractivity contribution in [3.05, 3.63) is 35.9 Å². The molecule has 0 spiro atoms. The van der Waals surface area contributed by atoms with Gasteiger partial charge in [0.2, 0.25) is 5.91 Å². The lowest BCUT2D eigenvalue weighted by atomic mass is 9.86. The number of hydrazine groups is 1. The first-order valence-corrected chi connectivity index (χ1v) is 10.2. The van der Waals surface area contributed by atoms with E-state index in [1.165, 1.54) is 11.9 Å². The molecule has 0 fully saturated rings. The predicted octanol–water partition coefficient (Wildman–Crippen LogP) is 3.49. The SMILES string of the molecule is C=C(C1=CCC(C(=O)NCC)CC1)C(=NC)Nc1cc2c(cc1OC)NNS2. The number of allylic oxidation sites excluding steroid dienone is 1. The summed E-state index contributed by atoms with van der Waals surface area (Å²) in [7, 11) is 3.39. The van der Waals surface area contributed by atoms with E-state index in [4.69, 9.17) is 4.74 Å². The van der Waals surface area contributed by atoms with Crippen molar-refractivity contribution < 1.29 is 9.53 Å². The van der Waals surface area contributed by atoms with Crippen LogP contribution in [0.4, 0.5) is 11.4 Å². The van der Waals surface area contributed by atoms with Gasteiger partial charge in [-0.05, 0) is 49.8 Å². The van der Waals surface area contributed by atoms with Crippen LogP contribution >= 0.6 is 11.9 Å². The highest BCUT2D eigenvalue weighted by molar-refractivity contribution is 7.98. The number of nitrogens with zero attached hydrogens (tertiary/aromatic N) is 1. The number of amidine groups is 1. The third-order valence-corrected chi connectivity index (χ3v) is 5.69. The highest BCUT2D eigenvalue weighted by Crippen LogP contribution is 2.39. The molecule has 1 aliphatic heterocycles. The Morgan fingerprint density at radius 3 is 2.93 bits per heavy atom. The average molecular weight is 402 g/mol. The van der Waals surface area contributed by atoms with Gasteiger partial charge in [-0.15, -0.1) is 0 Å². The minimum absolute atomic E-state index is 0.0419. The zero-order valence-corrected chi connectivity index (χ0v) is 17.3. The van der Waals surface area contributed by atoms with Crippen LogP contribution in [0.25, 0.3) is 0 Å². The number of methoxy groups -OCH3 is 1. The smallest absolute Gasteiger partial charge is 0.223 e. The molecule has 3 rings (SSSR count). The first-order chi connectivity index (χ1) is 13.6. The van der Waals surface area contributed by atoms with E-state index in [0.717, 1.165) is 52.4 Å². The lowest BCUT2D eigenvalue weighted by molar-refractivity contribution is -0.125. The summed E-state index contributed by atoms with van der Waals surface area (Å²) >= 11 is 1.51. The number of benzene rings is 1. The largest absolute Gasteiger partial charge is 0.494 e. The normalized spacial score (nSPS) is 18.6. The number of hydrogen-bond donors (Lipinski definition) is 4. The average Bonchev–Trinajstić information content (AvgIpc) is 3.18. The van der Waals surface area contributed by atoms with Gasteiger partial charge in [0.15, 0.2) is 0 Å². The molecule has 0 radical (unpaired) electrons. The summed E-state index contributed by atoms with van der Waals surface area (Å²) in [5, 5.41) is 6.27. The van der Waals surface area contributed by atoms with Crippen LogP contribution < -0.4 is 25.6 Å². The highest BCUT2D eigenvalue weighted by Gasteiger charge is 2.24. The fourth-order valence-electron chi connectivity index (χ4n) is 3.36. The van der Waals surface area contributed by atoms with Crippen LogP contribution in [0.1, 0.15) is 26.2 Å². The molecular weight excluding hydrogens is 374 g/mol. The van der Waals surface area contributed by atoms with Crippen molar-refractivity contribution in [2.75, 3.05) is 31.4 Å². The van der Waals surface area contributed by atoms with E-state index in [2.05, 4.69) is 38.5 Å². The fourth-order valence-corrected chi connectivity index (χ4v) is 4.02. The van der Waals surface area contributed by atoms with Gasteiger partial charge in [-0.3, -0.25) is 9.79 Å². The molecule has 0 aromatic heterocycles. The van der Waals surface area contributed by atoms with Crippen LogP contribution in [0.3, 0.4) is 0 Å². The lowest BCUT2D eigenvalue weighted by Gasteiger charge is -2.23. The molecule has 28 heavy (non-hydrogen) atoms. The standard InChI is InChI=1S/C20H27N5O2S/c1-5-22-20(26)14-8-6-13(7-9-14)12(2)19(21-3)23-15-11-18-16(24-25-28-18)10-17(15)27-4/h6,10-11,14,24-25H,2,5,7-9H2,1,3-4H3,(H,21,23)(H,22,26). The molecule has 0 bridgehead atoms. The number of carbonyl (C=O) groups is 1. The molecule has 150 valence electrons. The van der Waals surface area contributed by atoms with Gasteiger partial charge in [0.25, 0.3) is 0 Å². The van der Waals surface area contributed by atoms with E-state index in [9.17, 15) is 4.79 Å². The van der Waals surface area contributed by atoms with E-state index < -0.39 is 0 Å². The van der Waals surface area contributed by atoms with Gasteiger partial charge >= 0.3 is 0 Å². The van der Waals surface area contributed by atoms with E-state index in [1.807, 2.05) is 19.1 Å². The van der Waals surface area contributed by atoms with Gasteiger partial charge in [-0.1, -0.05) is 12.7 Å². The van der Waals surface area contributed by atoms with Crippen molar-refractivity contribution >= 4 is 35.1 Å². The predicted molar refractivity (Wildman–Crippen MR) is 116 cm³/mol.